The summed E-state index contributed by atoms with van der Waals surface area (Å²) in [5.41, 5.74) is 2.13. The van der Waals surface area contributed by atoms with Crippen LogP contribution in [0.5, 0.6) is 5.75 Å². The van der Waals surface area contributed by atoms with Crippen LogP contribution in [0.4, 0.5) is 5.69 Å². The molecule has 32 heavy (non-hydrogen) atoms. The lowest BCUT2D eigenvalue weighted by molar-refractivity contribution is 0.0934. The van der Waals surface area contributed by atoms with Gasteiger partial charge in [-0.3, -0.25) is 4.79 Å². The van der Waals surface area contributed by atoms with Gasteiger partial charge in [0.2, 0.25) is 3.79 Å². The van der Waals surface area contributed by atoms with Crippen molar-refractivity contribution in [1.82, 2.24) is 10.6 Å². The third-order valence-corrected chi connectivity index (χ3v) is 5.41. The summed E-state index contributed by atoms with van der Waals surface area (Å²) in [6.45, 7) is 4.77. The Morgan fingerprint density at radius 3 is 2.41 bits per heavy atom. The number of thiocarbonyl (C=S) groups is 1. The number of carbonyl (C=O) groups is 1. The second-order valence-electron chi connectivity index (χ2n) is 7.35. The van der Waals surface area contributed by atoms with Gasteiger partial charge in [0.15, 0.2) is 5.11 Å². The molecule has 5 nitrogen and oxygen atoms in total. The van der Waals surface area contributed by atoms with Crippen molar-refractivity contribution >= 4 is 63.7 Å². The zero-order valence-electron chi connectivity index (χ0n) is 18.1. The lowest BCUT2D eigenvalue weighted by Gasteiger charge is -2.27. The van der Waals surface area contributed by atoms with Gasteiger partial charge in [-0.2, -0.15) is 0 Å². The van der Waals surface area contributed by atoms with Gasteiger partial charge in [0.1, 0.15) is 11.9 Å². The summed E-state index contributed by atoms with van der Waals surface area (Å²) in [5, 5.41) is 8.73. The molecule has 1 unspecified atom stereocenters. The van der Waals surface area contributed by atoms with E-state index in [1.807, 2.05) is 37.3 Å². The largest absolute Gasteiger partial charge is 0.494 e. The molecule has 0 aliphatic heterocycles. The minimum Gasteiger partial charge on any atom is -0.494 e. The number of hydrogen-bond acceptors (Lipinski definition) is 3. The minimum absolute atomic E-state index is 0.194. The summed E-state index contributed by atoms with van der Waals surface area (Å²) >= 11 is 23.5. The first kappa shape index (κ1) is 26.5. The summed E-state index contributed by atoms with van der Waals surface area (Å²) in [6, 6.07) is 14.5. The van der Waals surface area contributed by atoms with Gasteiger partial charge in [-0.05, 0) is 62.0 Å². The molecule has 0 aliphatic rings. The molecule has 0 aliphatic carbocycles. The first-order valence-corrected chi connectivity index (χ1v) is 12.0. The molecular formula is C23H28Cl3N3O2S. The van der Waals surface area contributed by atoms with Crippen LogP contribution in [0.25, 0.3) is 0 Å². The third-order valence-electron chi connectivity index (χ3n) is 4.54. The van der Waals surface area contributed by atoms with Crippen molar-refractivity contribution in [3.8, 4) is 5.75 Å². The highest BCUT2D eigenvalue weighted by Gasteiger charge is 2.34. The van der Waals surface area contributed by atoms with E-state index < -0.39 is 9.96 Å². The summed E-state index contributed by atoms with van der Waals surface area (Å²) in [5.74, 6) is 0.399. The number of rotatable bonds is 10. The summed E-state index contributed by atoms with van der Waals surface area (Å²) in [4.78, 5) is 12.6. The highest BCUT2D eigenvalue weighted by molar-refractivity contribution is 7.80. The van der Waals surface area contributed by atoms with Gasteiger partial charge in [0, 0.05) is 11.3 Å². The van der Waals surface area contributed by atoms with Crippen molar-refractivity contribution in [3.63, 3.8) is 0 Å². The van der Waals surface area contributed by atoms with Crippen LogP contribution in [-0.2, 0) is 0 Å². The Morgan fingerprint density at radius 2 is 1.78 bits per heavy atom. The zero-order chi connectivity index (χ0) is 23.6. The molecule has 0 spiro atoms. The van der Waals surface area contributed by atoms with Crippen LogP contribution in [0.1, 0.15) is 48.5 Å². The summed E-state index contributed by atoms with van der Waals surface area (Å²) in [6.07, 6.45) is 3.57. The van der Waals surface area contributed by atoms with Crippen molar-refractivity contribution in [3.05, 3.63) is 59.7 Å². The Morgan fingerprint density at radius 1 is 1.06 bits per heavy atom. The monoisotopic (exact) mass is 515 g/mol. The van der Waals surface area contributed by atoms with Crippen LogP contribution in [0.2, 0.25) is 0 Å². The Bertz CT molecular complexity index is 889. The molecule has 0 aromatic heterocycles. The molecular weight excluding hydrogens is 489 g/mol. The molecule has 9 heteroatoms. The SMILES string of the molecule is CCCCCCOc1ccc(NC(=S)NC(NC(=O)c2cccc(C)c2)C(Cl)(Cl)Cl)cc1. The fourth-order valence-electron chi connectivity index (χ4n) is 2.85. The van der Waals surface area contributed by atoms with Crippen molar-refractivity contribution in [2.24, 2.45) is 0 Å². The minimum atomic E-state index is -1.83. The van der Waals surface area contributed by atoms with Gasteiger partial charge >= 0.3 is 0 Å². The number of carbonyl (C=O) groups excluding carboxylic acids is 1. The summed E-state index contributed by atoms with van der Waals surface area (Å²) < 4.78 is 3.91. The van der Waals surface area contributed by atoms with E-state index in [0.717, 1.165) is 23.4 Å². The number of halogens is 3. The van der Waals surface area contributed by atoms with Gasteiger partial charge in [0.05, 0.1) is 6.61 Å². The molecule has 0 radical (unpaired) electrons. The Labute approximate surface area is 210 Å². The van der Waals surface area contributed by atoms with Crippen molar-refractivity contribution in [2.45, 2.75) is 49.5 Å². The van der Waals surface area contributed by atoms with E-state index in [1.54, 1.807) is 18.2 Å². The van der Waals surface area contributed by atoms with Gasteiger partial charge in [-0.15, -0.1) is 0 Å². The van der Waals surface area contributed by atoms with Crippen LogP contribution in [0.3, 0.4) is 0 Å². The van der Waals surface area contributed by atoms with E-state index in [1.165, 1.54) is 19.3 Å². The number of unbranched alkanes of at least 4 members (excludes halogenated alkanes) is 3. The Hall–Kier alpha value is -1.73. The van der Waals surface area contributed by atoms with E-state index in [-0.39, 0.29) is 11.0 Å². The predicted molar refractivity (Wildman–Crippen MR) is 138 cm³/mol. The molecule has 0 saturated heterocycles. The maximum absolute atomic E-state index is 12.6. The second-order valence-corrected chi connectivity index (χ2v) is 10.1. The number of amides is 1. The number of ether oxygens (including phenoxy) is 1. The predicted octanol–water partition coefficient (Wildman–Crippen LogP) is 6.37. The quantitative estimate of drug-likeness (QED) is 0.148. The molecule has 0 heterocycles. The molecule has 1 amide bonds. The van der Waals surface area contributed by atoms with E-state index in [4.69, 9.17) is 51.8 Å². The molecule has 0 fully saturated rings. The van der Waals surface area contributed by atoms with Crippen LogP contribution in [0, 0.1) is 6.92 Å². The van der Waals surface area contributed by atoms with E-state index >= 15 is 0 Å². The number of hydrogen-bond donors (Lipinski definition) is 3. The fourth-order valence-corrected chi connectivity index (χ4v) is 3.42. The van der Waals surface area contributed by atoms with E-state index in [0.29, 0.717) is 12.2 Å². The molecule has 174 valence electrons. The highest BCUT2D eigenvalue weighted by atomic mass is 35.6. The maximum Gasteiger partial charge on any atom is 0.252 e. The molecule has 2 aromatic carbocycles. The first-order chi connectivity index (χ1) is 15.2. The molecule has 0 saturated carbocycles. The van der Waals surface area contributed by atoms with Crippen LogP contribution in [0.15, 0.2) is 48.5 Å². The first-order valence-electron chi connectivity index (χ1n) is 10.4. The molecule has 2 aromatic rings. The molecule has 1 atom stereocenters. The highest BCUT2D eigenvalue weighted by Crippen LogP contribution is 2.29. The van der Waals surface area contributed by atoms with Gasteiger partial charge in [-0.1, -0.05) is 78.7 Å². The molecule has 3 N–H and O–H groups in total. The van der Waals surface area contributed by atoms with Crippen LogP contribution < -0.4 is 20.7 Å². The lowest BCUT2D eigenvalue weighted by atomic mass is 10.1. The van der Waals surface area contributed by atoms with Crippen LogP contribution in [-0.4, -0.2) is 27.6 Å². The van der Waals surface area contributed by atoms with Crippen LogP contribution >= 0.6 is 47.0 Å². The Kier molecular flexibility index (Phi) is 10.9. The van der Waals surface area contributed by atoms with Gasteiger partial charge in [-0.25, -0.2) is 0 Å². The van der Waals surface area contributed by atoms with E-state index in [9.17, 15) is 4.79 Å². The smallest absolute Gasteiger partial charge is 0.252 e. The molecule has 2 rings (SSSR count). The lowest BCUT2D eigenvalue weighted by Crippen LogP contribution is -2.56. The maximum atomic E-state index is 12.6. The average Bonchev–Trinajstić information content (AvgIpc) is 2.73. The topological polar surface area (TPSA) is 62.4 Å². The number of alkyl halides is 3. The molecule has 0 bridgehead atoms. The van der Waals surface area contributed by atoms with Crippen molar-refractivity contribution in [2.75, 3.05) is 11.9 Å². The third kappa shape index (κ3) is 9.41. The second kappa shape index (κ2) is 13.1. The zero-order valence-corrected chi connectivity index (χ0v) is 21.2. The number of nitrogens with one attached hydrogen (secondary N) is 3. The number of anilines is 1. The number of aryl methyl sites for hydroxylation is 1. The van der Waals surface area contributed by atoms with Gasteiger partial charge < -0.3 is 20.7 Å². The van der Waals surface area contributed by atoms with Gasteiger partial charge in [0.25, 0.3) is 5.91 Å². The summed E-state index contributed by atoms with van der Waals surface area (Å²) in [7, 11) is 0. The standard InChI is InChI=1S/C23H28Cl3N3O2S/c1-3-4-5-6-14-31-19-12-10-18(11-13-19)27-22(32)29-21(23(24,25)26)28-20(30)17-9-7-8-16(2)15-17/h7-13,15,21H,3-6,14H2,1-2H3,(H,28,30)(H2,27,29,32). The van der Waals surface area contributed by atoms with E-state index in [2.05, 4.69) is 22.9 Å². The van der Waals surface area contributed by atoms with Crippen molar-refractivity contribution < 1.29 is 9.53 Å². The van der Waals surface area contributed by atoms with Crippen molar-refractivity contribution in [1.29, 1.82) is 0 Å². The Balaban J connectivity index is 1.91. The number of benzene rings is 2. The fraction of sp³-hybridized carbons (Fsp3) is 0.391. The normalized spacial score (nSPS) is 12.0. The average molecular weight is 517 g/mol.